The van der Waals surface area contributed by atoms with Gasteiger partial charge in [0.15, 0.2) is 0 Å². The highest BCUT2D eigenvalue weighted by Crippen LogP contribution is 2.44. The van der Waals surface area contributed by atoms with Crippen molar-refractivity contribution in [2.45, 2.75) is 0 Å². The smallest absolute Gasteiger partial charge is 0.0930 e. The van der Waals surface area contributed by atoms with Gasteiger partial charge in [-0.1, -0.05) is 18.2 Å². The number of rotatable bonds is 1. The highest BCUT2D eigenvalue weighted by molar-refractivity contribution is 7.80. The molecule has 0 nitrogen and oxygen atoms in total. The molecule has 0 heterocycles. The van der Waals surface area contributed by atoms with E-state index in [9.17, 15) is 0 Å². The van der Waals surface area contributed by atoms with Gasteiger partial charge in [0.05, 0.1) is 25.3 Å². The van der Waals surface area contributed by atoms with Gasteiger partial charge in [0, 0.05) is 7.26 Å². The molecule has 2 heteroatoms. The predicted octanol–water partition coefficient (Wildman–Crippen LogP) is -0.777. The molecule has 0 bridgehead atoms. The van der Waals surface area contributed by atoms with E-state index in [2.05, 4.69) is 50.3 Å². The molecule has 11 heavy (non-hydrogen) atoms. The summed E-state index contributed by atoms with van der Waals surface area (Å²) in [7, 11) is -0.768. The molecule has 1 aromatic rings. The molecule has 0 fully saturated rings. The maximum Gasteiger partial charge on any atom is 0.0930 e. The van der Waals surface area contributed by atoms with Crippen LogP contribution in [0.1, 0.15) is 0 Å². The molecule has 0 atom stereocenters. The molecular formula is C9H14ClP. The zero-order chi connectivity index (χ0) is 7.61. The summed E-state index contributed by atoms with van der Waals surface area (Å²) < 4.78 is 0. The Labute approximate surface area is 75.8 Å². The second kappa shape index (κ2) is 4.09. The van der Waals surface area contributed by atoms with Crippen LogP contribution in [0.3, 0.4) is 0 Å². The molecule has 1 rings (SSSR count). The standard InChI is InChI=1S/C9H14P.ClH/c1-10(2,3)9-7-5-4-6-8-9;/h4-8H,1-3H3;1H/q+1;/p-1. The molecule has 0 radical (unpaired) electrons. The van der Waals surface area contributed by atoms with E-state index in [0.717, 1.165) is 0 Å². The molecule has 0 N–H and O–H groups in total. The largest absolute Gasteiger partial charge is 1.00 e. The van der Waals surface area contributed by atoms with Crippen molar-refractivity contribution in [2.24, 2.45) is 0 Å². The van der Waals surface area contributed by atoms with E-state index in [1.165, 1.54) is 5.30 Å². The van der Waals surface area contributed by atoms with Crippen LogP contribution in [0.25, 0.3) is 0 Å². The maximum atomic E-state index is 2.34. The van der Waals surface area contributed by atoms with Crippen molar-refractivity contribution < 1.29 is 12.4 Å². The third kappa shape index (κ3) is 3.22. The fraction of sp³-hybridized carbons (Fsp3) is 0.333. The average molecular weight is 189 g/mol. The van der Waals surface area contributed by atoms with E-state index < -0.39 is 7.26 Å². The van der Waals surface area contributed by atoms with Crippen molar-refractivity contribution in [3.8, 4) is 0 Å². The molecule has 0 spiro atoms. The van der Waals surface area contributed by atoms with Gasteiger partial charge in [-0.25, -0.2) is 0 Å². The SMILES string of the molecule is C[P+](C)(C)c1ccccc1.[Cl-]. The lowest BCUT2D eigenvalue weighted by Gasteiger charge is -2.10. The third-order valence-electron chi connectivity index (χ3n) is 1.53. The molecule has 0 saturated carbocycles. The summed E-state index contributed by atoms with van der Waals surface area (Å²) >= 11 is 0. The van der Waals surface area contributed by atoms with Crippen molar-refractivity contribution >= 4 is 12.6 Å². The molecule has 0 unspecified atom stereocenters. The predicted molar refractivity (Wildman–Crippen MR) is 50.8 cm³/mol. The Kier molecular flexibility index (Phi) is 4.07. The number of hydrogen-bond donors (Lipinski definition) is 0. The van der Waals surface area contributed by atoms with Gasteiger partial charge in [-0.05, 0) is 12.1 Å². The van der Waals surface area contributed by atoms with Gasteiger partial charge in [0.25, 0.3) is 0 Å². The van der Waals surface area contributed by atoms with Crippen molar-refractivity contribution in [2.75, 3.05) is 20.0 Å². The Morgan fingerprint density at radius 3 is 1.64 bits per heavy atom. The fourth-order valence-electron chi connectivity index (χ4n) is 0.875. The molecule has 0 aliphatic heterocycles. The molecule has 1 aromatic carbocycles. The van der Waals surface area contributed by atoms with E-state index >= 15 is 0 Å². The summed E-state index contributed by atoms with van der Waals surface area (Å²) in [4.78, 5) is 0. The first kappa shape index (κ1) is 10.9. The second-order valence-electron chi connectivity index (χ2n) is 3.35. The molecule has 0 aliphatic carbocycles. The third-order valence-corrected chi connectivity index (χ3v) is 3.38. The summed E-state index contributed by atoms with van der Waals surface area (Å²) in [6.07, 6.45) is 0. The summed E-state index contributed by atoms with van der Waals surface area (Å²) in [5.41, 5.74) is 0. The van der Waals surface area contributed by atoms with Gasteiger partial charge in [0.2, 0.25) is 0 Å². The summed E-state index contributed by atoms with van der Waals surface area (Å²) in [6, 6.07) is 10.7. The van der Waals surface area contributed by atoms with Gasteiger partial charge in [-0.15, -0.1) is 0 Å². The van der Waals surface area contributed by atoms with Crippen LogP contribution >= 0.6 is 7.26 Å². The van der Waals surface area contributed by atoms with Crippen molar-refractivity contribution in [3.63, 3.8) is 0 Å². The minimum atomic E-state index is -0.768. The normalized spacial score (nSPS) is 10.5. The first-order valence-corrected chi connectivity index (χ1v) is 6.61. The van der Waals surface area contributed by atoms with Crippen LogP contribution in [0.4, 0.5) is 0 Å². The monoisotopic (exact) mass is 188 g/mol. The van der Waals surface area contributed by atoms with Crippen molar-refractivity contribution in [3.05, 3.63) is 30.3 Å². The van der Waals surface area contributed by atoms with Crippen molar-refractivity contribution in [1.82, 2.24) is 0 Å². The lowest BCUT2D eigenvalue weighted by Crippen LogP contribution is -3.00. The Bertz CT molecular complexity index is 201. The zero-order valence-corrected chi connectivity index (χ0v) is 8.86. The van der Waals surface area contributed by atoms with E-state index in [1.54, 1.807) is 0 Å². The van der Waals surface area contributed by atoms with Gasteiger partial charge >= 0.3 is 0 Å². The van der Waals surface area contributed by atoms with E-state index in [0.29, 0.717) is 0 Å². The number of halogens is 1. The lowest BCUT2D eigenvalue weighted by molar-refractivity contribution is -0.00000228. The van der Waals surface area contributed by atoms with Crippen LogP contribution in [-0.2, 0) is 0 Å². The maximum absolute atomic E-state index is 2.34. The fourth-order valence-corrected chi connectivity index (χ4v) is 1.94. The molecule has 0 amide bonds. The first-order valence-electron chi connectivity index (χ1n) is 3.48. The van der Waals surface area contributed by atoms with Crippen LogP contribution in [0.2, 0.25) is 0 Å². The van der Waals surface area contributed by atoms with Gasteiger partial charge in [-0.3, -0.25) is 0 Å². The minimum absolute atomic E-state index is 0. The summed E-state index contributed by atoms with van der Waals surface area (Å²) in [5, 5.41) is 1.51. The first-order chi connectivity index (χ1) is 4.61. The number of hydrogen-bond acceptors (Lipinski definition) is 0. The van der Waals surface area contributed by atoms with Crippen molar-refractivity contribution in [1.29, 1.82) is 0 Å². The van der Waals surface area contributed by atoms with Crippen LogP contribution < -0.4 is 17.7 Å². The van der Waals surface area contributed by atoms with Crippen LogP contribution in [-0.4, -0.2) is 20.0 Å². The Balaban J connectivity index is 0.000001000. The molecule has 0 saturated heterocycles. The molecule has 0 aliphatic rings. The minimum Gasteiger partial charge on any atom is -1.00 e. The summed E-state index contributed by atoms with van der Waals surface area (Å²) in [5.74, 6) is 0. The van der Waals surface area contributed by atoms with E-state index in [-0.39, 0.29) is 12.4 Å². The highest BCUT2D eigenvalue weighted by Gasteiger charge is 2.19. The molecular weight excluding hydrogens is 175 g/mol. The zero-order valence-electron chi connectivity index (χ0n) is 7.21. The van der Waals surface area contributed by atoms with E-state index in [4.69, 9.17) is 0 Å². The highest BCUT2D eigenvalue weighted by atomic mass is 35.5. The molecule has 62 valence electrons. The second-order valence-corrected chi connectivity index (χ2v) is 7.89. The van der Waals surface area contributed by atoms with Gasteiger partial charge in [0.1, 0.15) is 0 Å². The van der Waals surface area contributed by atoms with Crippen LogP contribution in [0.15, 0.2) is 30.3 Å². The van der Waals surface area contributed by atoms with Crippen LogP contribution in [0, 0.1) is 0 Å². The Hall–Kier alpha value is -0.0600. The quantitative estimate of drug-likeness (QED) is 0.508. The van der Waals surface area contributed by atoms with Gasteiger partial charge in [-0.2, -0.15) is 0 Å². The van der Waals surface area contributed by atoms with E-state index in [1.807, 2.05) is 0 Å². The Morgan fingerprint density at radius 2 is 1.36 bits per heavy atom. The van der Waals surface area contributed by atoms with Gasteiger partial charge < -0.3 is 12.4 Å². The Morgan fingerprint density at radius 1 is 0.909 bits per heavy atom. The lowest BCUT2D eigenvalue weighted by atomic mass is 10.4. The molecule has 0 aromatic heterocycles. The average Bonchev–Trinajstić information content (AvgIpc) is 1.88. The summed E-state index contributed by atoms with van der Waals surface area (Å²) in [6.45, 7) is 7.01. The number of benzene rings is 1. The topological polar surface area (TPSA) is 0 Å². The van der Waals surface area contributed by atoms with Crippen LogP contribution in [0.5, 0.6) is 0 Å².